The average Bonchev–Trinajstić information content (AvgIpc) is 2.99. The molecule has 0 fully saturated rings. The van der Waals surface area contributed by atoms with Gasteiger partial charge in [0.05, 0.1) is 12.2 Å². The number of nitrogens with zero attached hydrogens (tertiary/aromatic N) is 3. The predicted molar refractivity (Wildman–Crippen MR) is 94.2 cm³/mol. The molecule has 0 unspecified atom stereocenters. The van der Waals surface area contributed by atoms with Crippen LogP contribution in [0.2, 0.25) is 0 Å². The lowest BCUT2D eigenvalue weighted by Gasteiger charge is -2.26. The van der Waals surface area contributed by atoms with E-state index in [1.54, 1.807) is 36.5 Å². The Morgan fingerprint density at radius 1 is 1.33 bits per heavy atom. The molecule has 9 heteroatoms. The first-order valence-electron chi connectivity index (χ1n) is 8.48. The van der Waals surface area contributed by atoms with Crippen LogP contribution in [-0.4, -0.2) is 20.9 Å². The van der Waals surface area contributed by atoms with Crippen molar-refractivity contribution in [2.75, 3.05) is 5.32 Å². The van der Waals surface area contributed by atoms with E-state index in [0.29, 0.717) is 5.65 Å². The summed E-state index contributed by atoms with van der Waals surface area (Å²) in [5, 5.41) is 14.7. The zero-order chi connectivity index (χ0) is 19.0. The minimum absolute atomic E-state index is 0.114. The molecule has 1 atom stereocenters. The molecule has 2 aromatic heterocycles. The third-order valence-electron chi connectivity index (χ3n) is 4.64. The van der Waals surface area contributed by atoms with E-state index in [-0.39, 0.29) is 23.4 Å². The molecule has 3 aromatic rings. The Balaban J connectivity index is 1.68. The smallest absolute Gasteiger partial charge is 0.387 e. The first-order chi connectivity index (χ1) is 13.0. The number of hydrogen-bond donors (Lipinski definition) is 1. The van der Waals surface area contributed by atoms with Crippen LogP contribution in [0, 0.1) is 10.1 Å². The predicted octanol–water partition coefficient (Wildman–Crippen LogP) is 4.33. The Labute approximate surface area is 152 Å². The molecule has 0 amide bonds. The highest BCUT2D eigenvalue weighted by molar-refractivity contribution is 5.63. The maximum absolute atomic E-state index is 12.4. The average molecular weight is 374 g/mol. The maximum Gasteiger partial charge on any atom is 0.387 e. The van der Waals surface area contributed by atoms with Gasteiger partial charge in [0.25, 0.3) is 0 Å². The number of halogens is 2. The number of fused-ring (bicyclic) bond motifs is 2. The highest BCUT2D eigenvalue weighted by Gasteiger charge is 2.27. The van der Waals surface area contributed by atoms with Crippen LogP contribution in [0.3, 0.4) is 0 Å². The van der Waals surface area contributed by atoms with Crippen molar-refractivity contribution >= 4 is 17.3 Å². The largest absolute Gasteiger partial charge is 0.435 e. The molecule has 0 bridgehead atoms. The van der Waals surface area contributed by atoms with Gasteiger partial charge in [-0.25, -0.2) is 0 Å². The van der Waals surface area contributed by atoms with E-state index in [1.807, 2.05) is 0 Å². The number of hydrogen-bond acceptors (Lipinski definition) is 5. The molecule has 4 rings (SSSR count). The number of aryl methyl sites for hydroxylation is 1. The fourth-order valence-corrected chi connectivity index (χ4v) is 3.54. The SMILES string of the molecule is O=[N+]([O-])c1c(N[C@@H]2CCCc3cc(OC(F)F)ccc32)nc2ccccn12. The third kappa shape index (κ3) is 3.27. The van der Waals surface area contributed by atoms with Gasteiger partial charge in [-0.1, -0.05) is 12.1 Å². The lowest BCUT2D eigenvalue weighted by molar-refractivity contribution is -0.389. The number of pyridine rings is 1. The highest BCUT2D eigenvalue weighted by atomic mass is 19.3. The van der Waals surface area contributed by atoms with Crippen molar-refractivity contribution in [3.63, 3.8) is 0 Å². The summed E-state index contributed by atoms with van der Waals surface area (Å²) in [6, 6.07) is 9.78. The van der Waals surface area contributed by atoms with Crippen LogP contribution in [-0.2, 0) is 6.42 Å². The van der Waals surface area contributed by atoms with Gasteiger partial charge in [0, 0.05) is 6.07 Å². The number of ether oxygens (including phenoxy) is 1. The van der Waals surface area contributed by atoms with Crippen molar-refractivity contribution in [3.05, 3.63) is 63.8 Å². The standard InChI is InChI=1S/C18H16F2N4O3/c19-18(20)27-12-7-8-13-11(10-12)4-3-5-14(13)21-16-17(24(25)26)23-9-2-1-6-15(23)22-16/h1-2,6-10,14,18,21H,3-5H2/t14-/m1/s1. The fourth-order valence-electron chi connectivity index (χ4n) is 3.54. The Kier molecular flexibility index (Phi) is 4.35. The van der Waals surface area contributed by atoms with Gasteiger partial charge >= 0.3 is 12.4 Å². The van der Waals surface area contributed by atoms with Crippen LogP contribution in [0.4, 0.5) is 20.4 Å². The van der Waals surface area contributed by atoms with Crippen molar-refractivity contribution in [2.24, 2.45) is 0 Å². The monoisotopic (exact) mass is 374 g/mol. The van der Waals surface area contributed by atoms with E-state index in [4.69, 9.17) is 0 Å². The van der Waals surface area contributed by atoms with E-state index in [1.165, 1.54) is 10.5 Å². The zero-order valence-electron chi connectivity index (χ0n) is 14.1. The molecular weight excluding hydrogens is 358 g/mol. The van der Waals surface area contributed by atoms with E-state index in [9.17, 15) is 18.9 Å². The first-order valence-corrected chi connectivity index (χ1v) is 8.48. The highest BCUT2D eigenvalue weighted by Crippen LogP contribution is 2.37. The van der Waals surface area contributed by atoms with Gasteiger partial charge in [0.2, 0.25) is 11.5 Å². The topological polar surface area (TPSA) is 81.7 Å². The lowest BCUT2D eigenvalue weighted by atomic mass is 9.87. The van der Waals surface area contributed by atoms with Crippen molar-refractivity contribution in [3.8, 4) is 5.75 Å². The molecule has 0 saturated heterocycles. The number of anilines is 1. The minimum Gasteiger partial charge on any atom is -0.435 e. The molecule has 1 aliphatic rings. The number of nitro groups is 1. The van der Waals surface area contributed by atoms with Gasteiger partial charge in [-0.3, -0.25) is 0 Å². The molecule has 27 heavy (non-hydrogen) atoms. The molecule has 2 heterocycles. The second kappa shape index (κ2) is 6.82. The third-order valence-corrected chi connectivity index (χ3v) is 4.64. The van der Waals surface area contributed by atoms with Crippen molar-refractivity contribution in [2.45, 2.75) is 31.9 Å². The van der Waals surface area contributed by atoms with Crippen LogP contribution in [0.5, 0.6) is 5.75 Å². The van der Waals surface area contributed by atoms with Crippen molar-refractivity contribution < 1.29 is 18.4 Å². The van der Waals surface area contributed by atoms with Crippen LogP contribution in [0.15, 0.2) is 42.6 Å². The van der Waals surface area contributed by atoms with Gasteiger partial charge in [0.15, 0.2) is 0 Å². The fraction of sp³-hybridized carbons (Fsp3) is 0.278. The molecule has 0 saturated carbocycles. The van der Waals surface area contributed by atoms with Gasteiger partial charge in [-0.05, 0) is 53.5 Å². The van der Waals surface area contributed by atoms with E-state index in [2.05, 4.69) is 15.0 Å². The van der Waals surface area contributed by atoms with Crippen molar-refractivity contribution in [1.82, 2.24) is 9.38 Å². The van der Waals surface area contributed by atoms with Crippen LogP contribution in [0.25, 0.3) is 5.65 Å². The first kappa shape index (κ1) is 17.2. The number of aromatic nitrogens is 2. The number of rotatable bonds is 5. The molecular formula is C18H16F2N4O3. The number of alkyl halides is 2. The van der Waals surface area contributed by atoms with E-state index >= 15 is 0 Å². The summed E-state index contributed by atoms with van der Waals surface area (Å²) in [6.07, 6.45) is 3.91. The summed E-state index contributed by atoms with van der Waals surface area (Å²) in [4.78, 5) is 15.4. The summed E-state index contributed by atoms with van der Waals surface area (Å²) in [7, 11) is 0. The summed E-state index contributed by atoms with van der Waals surface area (Å²) < 4.78 is 30.7. The van der Waals surface area contributed by atoms with Gasteiger partial charge in [-0.15, -0.1) is 0 Å². The van der Waals surface area contributed by atoms with Gasteiger partial charge in [0.1, 0.15) is 5.75 Å². The normalized spacial score (nSPS) is 16.3. The number of benzene rings is 1. The van der Waals surface area contributed by atoms with Crippen LogP contribution >= 0.6 is 0 Å². The van der Waals surface area contributed by atoms with Crippen LogP contribution < -0.4 is 10.1 Å². The van der Waals surface area contributed by atoms with E-state index < -0.39 is 11.5 Å². The summed E-state index contributed by atoms with van der Waals surface area (Å²) in [6.45, 7) is -2.87. The Hall–Kier alpha value is -3.23. The zero-order valence-corrected chi connectivity index (χ0v) is 14.1. The summed E-state index contributed by atoms with van der Waals surface area (Å²) in [5.74, 6) is 0.176. The Morgan fingerprint density at radius 2 is 2.19 bits per heavy atom. The quantitative estimate of drug-likeness (QED) is 0.531. The summed E-state index contributed by atoms with van der Waals surface area (Å²) >= 11 is 0. The molecule has 1 aliphatic carbocycles. The summed E-state index contributed by atoms with van der Waals surface area (Å²) in [5.41, 5.74) is 2.28. The Bertz CT molecular complexity index is 1010. The number of nitrogens with one attached hydrogen (secondary N) is 1. The molecule has 1 aromatic carbocycles. The van der Waals surface area contributed by atoms with Crippen molar-refractivity contribution in [1.29, 1.82) is 0 Å². The van der Waals surface area contributed by atoms with E-state index in [0.717, 1.165) is 30.4 Å². The van der Waals surface area contributed by atoms with Gasteiger partial charge < -0.3 is 20.2 Å². The number of imidazole rings is 1. The maximum atomic E-state index is 12.4. The molecule has 0 radical (unpaired) electrons. The Morgan fingerprint density at radius 3 is 2.96 bits per heavy atom. The molecule has 1 N–H and O–H groups in total. The molecule has 7 nitrogen and oxygen atoms in total. The lowest BCUT2D eigenvalue weighted by Crippen LogP contribution is -2.18. The minimum atomic E-state index is -2.87. The van der Waals surface area contributed by atoms with Crippen LogP contribution in [0.1, 0.15) is 30.0 Å². The second-order valence-electron chi connectivity index (χ2n) is 6.30. The second-order valence-corrected chi connectivity index (χ2v) is 6.30. The molecule has 0 aliphatic heterocycles. The molecule has 140 valence electrons. The van der Waals surface area contributed by atoms with Gasteiger partial charge in [-0.2, -0.15) is 18.2 Å². The molecule has 0 spiro atoms.